The molecular formula is C31H50N2O5. The van der Waals surface area contributed by atoms with Gasteiger partial charge in [-0.3, -0.25) is 4.99 Å². The number of nitrogens with zero attached hydrogens (tertiary/aromatic N) is 2. The maximum Gasteiger partial charge on any atom is 0.409 e. The molecule has 6 aliphatic rings. The summed E-state index contributed by atoms with van der Waals surface area (Å²) in [4.78, 5) is 18.4. The number of carbonyl (C=O) groups is 1. The third kappa shape index (κ3) is 2.82. The fourth-order valence-electron chi connectivity index (χ4n) is 11.8. The second kappa shape index (κ2) is 7.97. The average molecular weight is 531 g/mol. The third-order valence-electron chi connectivity index (χ3n) is 14.0. The molecule has 5 aliphatic carbocycles. The molecule has 0 aromatic carbocycles. The van der Waals surface area contributed by atoms with Crippen molar-refractivity contribution < 1.29 is 24.9 Å². The van der Waals surface area contributed by atoms with Crippen LogP contribution in [0.5, 0.6) is 0 Å². The van der Waals surface area contributed by atoms with Crippen LogP contribution >= 0.6 is 0 Å². The second-order valence-corrected chi connectivity index (χ2v) is 15.6. The number of fused-ring (bicyclic) bond motifs is 3. The van der Waals surface area contributed by atoms with Crippen molar-refractivity contribution in [2.45, 2.75) is 110 Å². The van der Waals surface area contributed by atoms with E-state index in [0.29, 0.717) is 18.4 Å². The zero-order valence-corrected chi connectivity index (χ0v) is 24.5. The monoisotopic (exact) mass is 530 g/mol. The summed E-state index contributed by atoms with van der Waals surface area (Å²) in [5, 5.41) is 34.7. The summed E-state index contributed by atoms with van der Waals surface area (Å²) in [5.74, 6) is 1.06. The molecule has 0 bridgehead atoms. The Balaban J connectivity index is 1.29. The smallest absolute Gasteiger partial charge is 0.409 e. The first-order valence-corrected chi connectivity index (χ1v) is 15.1. The lowest BCUT2D eigenvalue weighted by Gasteiger charge is -2.65. The van der Waals surface area contributed by atoms with Gasteiger partial charge in [-0.2, -0.15) is 0 Å². The highest BCUT2D eigenvalue weighted by Crippen LogP contribution is 2.89. The van der Waals surface area contributed by atoms with Gasteiger partial charge in [-0.25, -0.2) is 4.79 Å². The van der Waals surface area contributed by atoms with E-state index in [2.05, 4.69) is 34.6 Å². The van der Waals surface area contributed by atoms with Gasteiger partial charge in [0, 0.05) is 37.1 Å². The molecule has 214 valence electrons. The summed E-state index contributed by atoms with van der Waals surface area (Å²) in [7, 11) is 3.37. The lowest BCUT2D eigenvalue weighted by atomic mass is 9.40. The van der Waals surface area contributed by atoms with E-state index in [1.807, 2.05) is 6.21 Å². The molecular weight excluding hydrogens is 480 g/mol. The average Bonchev–Trinajstić information content (AvgIpc) is 3.49. The summed E-state index contributed by atoms with van der Waals surface area (Å²) < 4.78 is 5.46. The normalized spacial score (nSPS) is 54.2. The van der Waals surface area contributed by atoms with Crippen LogP contribution < -0.4 is 0 Å². The third-order valence-corrected chi connectivity index (χ3v) is 14.0. The first-order chi connectivity index (χ1) is 17.7. The molecule has 38 heavy (non-hydrogen) atoms. The van der Waals surface area contributed by atoms with Crippen LogP contribution in [0.2, 0.25) is 0 Å². The second-order valence-electron chi connectivity index (χ2n) is 15.6. The van der Waals surface area contributed by atoms with Crippen molar-refractivity contribution in [3.8, 4) is 0 Å². The van der Waals surface area contributed by atoms with Gasteiger partial charge in [0.1, 0.15) is 11.6 Å². The van der Waals surface area contributed by atoms with Gasteiger partial charge in [0.05, 0.1) is 18.8 Å². The number of amides is 1. The molecule has 12 atom stereocenters. The Kier molecular flexibility index (Phi) is 5.67. The fourth-order valence-corrected chi connectivity index (χ4v) is 11.8. The van der Waals surface area contributed by atoms with E-state index in [1.54, 1.807) is 14.1 Å². The molecule has 6 rings (SSSR count). The first-order valence-electron chi connectivity index (χ1n) is 15.1. The predicted molar refractivity (Wildman–Crippen MR) is 146 cm³/mol. The molecule has 5 saturated carbocycles. The number of carbonyl (C=O) groups excluding carboxylic acids is 1. The summed E-state index contributed by atoms with van der Waals surface area (Å²) in [6.07, 6.45) is 7.92. The minimum atomic E-state index is -0.892. The largest absolute Gasteiger partial charge is 0.449 e. The Labute approximate surface area is 228 Å². The summed E-state index contributed by atoms with van der Waals surface area (Å²) in [6.45, 7) is 11.6. The van der Waals surface area contributed by atoms with Crippen molar-refractivity contribution in [1.29, 1.82) is 0 Å². The van der Waals surface area contributed by atoms with Gasteiger partial charge in [-0.1, -0.05) is 34.6 Å². The lowest BCUT2D eigenvalue weighted by molar-refractivity contribution is -0.184. The van der Waals surface area contributed by atoms with Crippen LogP contribution in [0.4, 0.5) is 4.79 Å². The minimum Gasteiger partial charge on any atom is -0.449 e. The number of aliphatic hydroxyl groups excluding tert-OH is 3. The molecule has 0 saturated heterocycles. The van der Waals surface area contributed by atoms with Gasteiger partial charge in [-0.15, -0.1) is 0 Å². The number of aliphatic hydroxyl groups is 3. The maximum absolute atomic E-state index is 12.0. The Morgan fingerprint density at radius 1 is 1.00 bits per heavy atom. The van der Waals surface area contributed by atoms with Crippen LogP contribution in [0, 0.1) is 50.7 Å². The highest BCUT2D eigenvalue weighted by molar-refractivity contribution is 5.73. The zero-order chi connectivity index (χ0) is 27.7. The van der Waals surface area contributed by atoms with Crippen molar-refractivity contribution in [3.05, 3.63) is 0 Å². The van der Waals surface area contributed by atoms with Crippen molar-refractivity contribution >= 4 is 12.3 Å². The van der Waals surface area contributed by atoms with Crippen molar-refractivity contribution in [3.63, 3.8) is 0 Å². The standard InChI is InChI=1S/C31H50N2O5/c1-18(16-38-25(37)33(6)7)14-19-15-32-31(19)24(36)23(35)28(5)21-9-8-20-26(2,3)22(34)10-11-29(20)17-30(21,29)13-12-27(28,31)4/h15,18-24,34-36H,8-14,16-17H2,1-7H3. The summed E-state index contributed by atoms with van der Waals surface area (Å²) in [6, 6.07) is 0. The van der Waals surface area contributed by atoms with Crippen LogP contribution in [0.25, 0.3) is 0 Å². The van der Waals surface area contributed by atoms with Gasteiger partial charge >= 0.3 is 6.09 Å². The minimum absolute atomic E-state index is 0.0503. The Morgan fingerprint density at radius 2 is 1.66 bits per heavy atom. The molecule has 0 radical (unpaired) electrons. The zero-order valence-electron chi connectivity index (χ0n) is 24.5. The van der Waals surface area contributed by atoms with Crippen LogP contribution in [0.1, 0.15) is 86.0 Å². The quantitative estimate of drug-likeness (QED) is 0.504. The van der Waals surface area contributed by atoms with E-state index in [9.17, 15) is 20.1 Å². The van der Waals surface area contributed by atoms with E-state index in [1.165, 1.54) is 11.3 Å². The summed E-state index contributed by atoms with van der Waals surface area (Å²) in [5.41, 5.74) is -1.01. The SMILES string of the molecule is CC(COC(=O)N(C)C)CC1C=NC12C(O)C(O)C1(C)C3CCC4C(C)(C)C(O)CCC45CC35CCC12C. The van der Waals surface area contributed by atoms with E-state index < -0.39 is 23.2 Å². The van der Waals surface area contributed by atoms with Crippen LogP contribution in [0.3, 0.4) is 0 Å². The number of aliphatic imine (C=N–C) groups is 1. The van der Waals surface area contributed by atoms with E-state index in [4.69, 9.17) is 9.73 Å². The lowest BCUT2D eigenvalue weighted by Crippen LogP contribution is -2.65. The molecule has 1 heterocycles. The van der Waals surface area contributed by atoms with Crippen molar-refractivity contribution in [1.82, 2.24) is 4.90 Å². The van der Waals surface area contributed by atoms with Gasteiger partial charge in [-0.05, 0) is 85.4 Å². The van der Waals surface area contributed by atoms with Crippen LogP contribution in [-0.2, 0) is 4.74 Å². The first kappa shape index (κ1) is 27.0. The number of ether oxygens (including phenoxy) is 1. The Morgan fingerprint density at radius 3 is 2.29 bits per heavy atom. The van der Waals surface area contributed by atoms with Gasteiger partial charge in [0.15, 0.2) is 0 Å². The number of rotatable bonds is 4. The van der Waals surface area contributed by atoms with Crippen LogP contribution in [0.15, 0.2) is 4.99 Å². The fraction of sp³-hybridized carbons (Fsp3) is 0.935. The maximum atomic E-state index is 12.0. The molecule has 12 unspecified atom stereocenters. The highest BCUT2D eigenvalue weighted by Gasteiger charge is 2.87. The highest BCUT2D eigenvalue weighted by atomic mass is 16.6. The molecule has 3 N–H and O–H groups in total. The molecule has 7 heteroatoms. The Bertz CT molecular complexity index is 1050. The van der Waals surface area contributed by atoms with Crippen molar-refractivity contribution in [2.24, 2.45) is 55.7 Å². The van der Waals surface area contributed by atoms with Crippen LogP contribution in [-0.4, -0.2) is 77.1 Å². The van der Waals surface area contributed by atoms with Gasteiger partial charge in [0.25, 0.3) is 0 Å². The molecule has 0 aromatic heterocycles. The van der Waals surface area contributed by atoms with E-state index in [0.717, 1.165) is 44.9 Å². The predicted octanol–water partition coefficient (Wildman–Crippen LogP) is 4.28. The molecule has 0 aromatic rings. The molecule has 1 amide bonds. The van der Waals surface area contributed by atoms with E-state index in [-0.39, 0.29) is 45.7 Å². The summed E-state index contributed by atoms with van der Waals surface area (Å²) >= 11 is 0. The van der Waals surface area contributed by atoms with Gasteiger partial charge in [0.2, 0.25) is 0 Å². The Hall–Kier alpha value is -1.18. The molecule has 1 aliphatic heterocycles. The molecule has 5 fully saturated rings. The molecule has 3 spiro atoms. The number of hydrogen-bond acceptors (Lipinski definition) is 6. The van der Waals surface area contributed by atoms with Gasteiger partial charge < -0.3 is 25.0 Å². The topological polar surface area (TPSA) is 103 Å². The molecule has 7 nitrogen and oxygen atoms in total. The number of hydrogen-bond donors (Lipinski definition) is 3. The van der Waals surface area contributed by atoms with E-state index >= 15 is 0 Å². The van der Waals surface area contributed by atoms with Crippen molar-refractivity contribution in [2.75, 3.05) is 20.7 Å².